The first-order valence-electron chi connectivity index (χ1n) is 8.47. The van der Waals surface area contributed by atoms with Crippen LogP contribution in [-0.2, 0) is 0 Å². The van der Waals surface area contributed by atoms with Crippen LogP contribution in [0.25, 0.3) is 0 Å². The molecule has 0 N–H and O–H groups in total. The molecule has 0 aromatic heterocycles. The Labute approximate surface area is 144 Å². The second-order valence-corrected chi connectivity index (χ2v) is 6.48. The van der Waals surface area contributed by atoms with Crippen LogP contribution in [-0.4, -0.2) is 5.78 Å². The van der Waals surface area contributed by atoms with E-state index in [4.69, 9.17) is 11.6 Å². The first kappa shape index (κ1) is 17.7. The van der Waals surface area contributed by atoms with E-state index in [9.17, 15) is 4.79 Å². The van der Waals surface area contributed by atoms with Gasteiger partial charge in [-0.05, 0) is 23.5 Å². The third-order valence-electron chi connectivity index (χ3n) is 4.55. The quantitative estimate of drug-likeness (QED) is 0.404. The van der Waals surface area contributed by atoms with Crippen molar-refractivity contribution in [3.63, 3.8) is 0 Å². The number of carbonyl (C=O) groups is 1. The van der Waals surface area contributed by atoms with Gasteiger partial charge in [0.05, 0.1) is 5.38 Å². The Kier molecular flexibility index (Phi) is 6.85. The Morgan fingerprint density at radius 3 is 2.04 bits per heavy atom. The summed E-state index contributed by atoms with van der Waals surface area (Å²) in [6.45, 7) is 4.38. The lowest BCUT2D eigenvalue weighted by molar-refractivity contribution is 0.0973. The summed E-state index contributed by atoms with van der Waals surface area (Å²) in [7, 11) is 0. The number of hydrogen-bond donors (Lipinski definition) is 0. The maximum Gasteiger partial charge on any atom is 0.162 e. The number of carbonyl (C=O) groups excluding carboxylic acids is 1. The lowest BCUT2D eigenvalue weighted by atomic mass is 9.94. The van der Waals surface area contributed by atoms with Crippen LogP contribution >= 0.6 is 11.6 Å². The molecule has 2 rings (SSSR count). The summed E-state index contributed by atoms with van der Waals surface area (Å²) in [4.78, 5) is 12.3. The molecule has 0 amide bonds. The summed E-state index contributed by atoms with van der Waals surface area (Å²) < 4.78 is 0. The van der Waals surface area contributed by atoms with Crippen molar-refractivity contribution in [2.75, 3.05) is 0 Å². The molecule has 0 aliphatic rings. The van der Waals surface area contributed by atoms with Crippen LogP contribution in [0.1, 0.15) is 66.4 Å². The smallest absolute Gasteiger partial charge is 0.162 e. The van der Waals surface area contributed by atoms with Crippen LogP contribution < -0.4 is 0 Å². The highest BCUT2D eigenvalue weighted by atomic mass is 35.5. The lowest BCUT2D eigenvalue weighted by Crippen LogP contribution is -2.04. The van der Waals surface area contributed by atoms with Gasteiger partial charge in [0.1, 0.15) is 0 Å². The fraction of sp³-hybridized carbons (Fsp3) is 0.381. The molecule has 0 heterocycles. The van der Waals surface area contributed by atoms with Crippen LogP contribution in [0.3, 0.4) is 0 Å². The number of ketones is 1. The molecule has 0 saturated carbocycles. The van der Waals surface area contributed by atoms with Gasteiger partial charge in [-0.25, -0.2) is 0 Å². The largest absolute Gasteiger partial charge is 0.294 e. The summed E-state index contributed by atoms with van der Waals surface area (Å²) in [5.74, 6) is 0.887. The monoisotopic (exact) mass is 328 g/mol. The van der Waals surface area contributed by atoms with Crippen LogP contribution in [0.4, 0.5) is 0 Å². The van der Waals surface area contributed by atoms with Gasteiger partial charge in [-0.2, -0.15) is 0 Å². The molecule has 0 spiro atoms. The van der Waals surface area contributed by atoms with Gasteiger partial charge in [-0.1, -0.05) is 81.3 Å². The molecule has 122 valence electrons. The fourth-order valence-corrected chi connectivity index (χ4v) is 3.12. The average Bonchev–Trinajstić information content (AvgIpc) is 2.62. The number of hydrogen-bond acceptors (Lipinski definition) is 1. The molecule has 0 aliphatic carbocycles. The minimum absolute atomic E-state index is 0.176. The third-order valence-corrected chi connectivity index (χ3v) is 5.06. The molecule has 1 unspecified atom stereocenters. The van der Waals surface area contributed by atoms with E-state index in [1.54, 1.807) is 0 Å². The van der Waals surface area contributed by atoms with Crippen molar-refractivity contribution >= 4 is 17.4 Å². The summed E-state index contributed by atoms with van der Waals surface area (Å²) in [5, 5.41) is -0.176. The van der Waals surface area contributed by atoms with Crippen molar-refractivity contribution < 1.29 is 4.79 Å². The van der Waals surface area contributed by atoms with Crippen molar-refractivity contribution in [2.45, 2.75) is 44.9 Å². The summed E-state index contributed by atoms with van der Waals surface area (Å²) in [6.07, 6.45) is 3.91. The lowest BCUT2D eigenvalue weighted by Gasteiger charge is -2.12. The van der Waals surface area contributed by atoms with E-state index in [0.29, 0.717) is 12.3 Å². The van der Waals surface area contributed by atoms with Gasteiger partial charge in [-0.3, -0.25) is 4.79 Å². The molecule has 0 radical (unpaired) electrons. The summed E-state index contributed by atoms with van der Waals surface area (Å²) in [6, 6.07) is 17.7. The summed E-state index contributed by atoms with van der Waals surface area (Å²) >= 11 is 6.52. The Balaban J connectivity index is 2.00. The Morgan fingerprint density at radius 2 is 1.48 bits per heavy atom. The summed E-state index contributed by atoms with van der Waals surface area (Å²) in [5.41, 5.74) is 2.88. The van der Waals surface area contributed by atoms with Crippen molar-refractivity contribution in [3.05, 3.63) is 71.3 Å². The van der Waals surface area contributed by atoms with Gasteiger partial charge < -0.3 is 0 Å². The second-order valence-electron chi connectivity index (χ2n) is 6.04. The number of rotatable bonds is 8. The van der Waals surface area contributed by atoms with Crippen molar-refractivity contribution in [1.82, 2.24) is 0 Å². The molecular formula is C21H25ClO. The van der Waals surface area contributed by atoms with Crippen LogP contribution in [0, 0.1) is 5.92 Å². The zero-order valence-electron chi connectivity index (χ0n) is 14.0. The van der Waals surface area contributed by atoms with Gasteiger partial charge >= 0.3 is 0 Å². The predicted molar refractivity (Wildman–Crippen MR) is 98.2 cm³/mol. The van der Waals surface area contributed by atoms with Gasteiger partial charge in [0.15, 0.2) is 5.78 Å². The van der Waals surface area contributed by atoms with Crippen LogP contribution in [0.15, 0.2) is 54.6 Å². The Bertz CT molecular complexity index is 599. The van der Waals surface area contributed by atoms with E-state index >= 15 is 0 Å². The highest BCUT2D eigenvalue weighted by molar-refractivity contribution is 6.22. The number of halogens is 1. The van der Waals surface area contributed by atoms with Crippen molar-refractivity contribution in [3.8, 4) is 0 Å². The standard InChI is InChI=1S/C21H25ClO/c1-3-16(4-2)10-15-20(23)17-11-13-19(14-12-17)21(22)18-8-6-5-7-9-18/h5-9,11-14,16,21H,3-4,10,15H2,1-2H3. The van der Waals surface area contributed by atoms with E-state index in [1.807, 2.05) is 54.6 Å². The maximum absolute atomic E-state index is 12.3. The SMILES string of the molecule is CCC(CC)CCC(=O)c1ccc(C(Cl)c2ccccc2)cc1. The van der Waals surface area contributed by atoms with Gasteiger partial charge in [0, 0.05) is 12.0 Å². The molecule has 2 aromatic carbocycles. The fourth-order valence-electron chi connectivity index (χ4n) is 2.83. The molecule has 2 heteroatoms. The van der Waals surface area contributed by atoms with E-state index in [0.717, 1.165) is 36.0 Å². The molecule has 0 aliphatic heterocycles. The van der Waals surface area contributed by atoms with E-state index in [2.05, 4.69) is 13.8 Å². The third kappa shape index (κ3) is 4.94. The number of Topliss-reactive ketones (excluding diaryl/α,β-unsaturated/α-hetero) is 1. The maximum atomic E-state index is 12.3. The molecule has 0 fully saturated rings. The van der Waals surface area contributed by atoms with Gasteiger partial charge in [0.2, 0.25) is 0 Å². The molecule has 2 aromatic rings. The second kappa shape index (κ2) is 8.88. The highest BCUT2D eigenvalue weighted by Gasteiger charge is 2.13. The zero-order valence-corrected chi connectivity index (χ0v) is 14.7. The Morgan fingerprint density at radius 1 is 0.913 bits per heavy atom. The molecule has 0 bridgehead atoms. The Hall–Kier alpha value is -1.60. The van der Waals surface area contributed by atoms with E-state index in [-0.39, 0.29) is 11.2 Å². The normalized spacial score (nSPS) is 12.3. The van der Waals surface area contributed by atoms with E-state index < -0.39 is 0 Å². The van der Waals surface area contributed by atoms with E-state index in [1.165, 1.54) is 0 Å². The first-order chi connectivity index (χ1) is 11.2. The number of benzene rings is 2. The van der Waals surface area contributed by atoms with Crippen molar-refractivity contribution in [1.29, 1.82) is 0 Å². The van der Waals surface area contributed by atoms with Gasteiger partial charge in [-0.15, -0.1) is 11.6 Å². The predicted octanol–water partition coefficient (Wildman–Crippen LogP) is 6.41. The topological polar surface area (TPSA) is 17.1 Å². The highest BCUT2D eigenvalue weighted by Crippen LogP contribution is 2.28. The van der Waals surface area contributed by atoms with Crippen molar-refractivity contribution in [2.24, 2.45) is 5.92 Å². The molecule has 1 atom stereocenters. The minimum atomic E-state index is -0.176. The molecule has 0 saturated heterocycles. The van der Waals surface area contributed by atoms with Gasteiger partial charge in [0.25, 0.3) is 0 Å². The first-order valence-corrected chi connectivity index (χ1v) is 8.91. The molecule has 23 heavy (non-hydrogen) atoms. The average molecular weight is 329 g/mol. The molecular weight excluding hydrogens is 304 g/mol. The minimum Gasteiger partial charge on any atom is -0.294 e. The van der Waals surface area contributed by atoms with Crippen LogP contribution in [0.2, 0.25) is 0 Å². The zero-order chi connectivity index (χ0) is 16.7. The van der Waals surface area contributed by atoms with Crippen LogP contribution in [0.5, 0.6) is 0 Å². The molecule has 1 nitrogen and oxygen atoms in total. The number of alkyl halides is 1.